The standard InChI is InChI=1S/C12H14BrFN2O/c1-12(2,17-3)7-16-9-5-4-8(6-15)10(13)11(9)14/h4-5,16H,7H2,1-3H3. The Labute approximate surface area is 109 Å². The second kappa shape index (κ2) is 5.48. The van der Waals surface area contributed by atoms with Crippen LogP contribution in [0.3, 0.4) is 0 Å². The maximum atomic E-state index is 13.8. The molecule has 1 rings (SSSR count). The van der Waals surface area contributed by atoms with Gasteiger partial charge in [-0.1, -0.05) is 0 Å². The van der Waals surface area contributed by atoms with Crippen LogP contribution in [0.15, 0.2) is 16.6 Å². The van der Waals surface area contributed by atoms with Crippen LogP contribution in [0, 0.1) is 17.1 Å². The molecule has 92 valence electrons. The highest BCUT2D eigenvalue weighted by molar-refractivity contribution is 9.10. The van der Waals surface area contributed by atoms with E-state index in [2.05, 4.69) is 21.2 Å². The molecule has 1 aromatic carbocycles. The summed E-state index contributed by atoms with van der Waals surface area (Å²) in [5.41, 5.74) is 0.243. The molecule has 1 N–H and O–H groups in total. The zero-order valence-corrected chi connectivity index (χ0v) is 11.6. The second-order valence-electron chi connectivity index (χ2n) is 4.22. The Morgan fingerprint density at radius 2 is 2.18 bits per heavy atom. The first-order valence-electron chi connectivity index (χ1n) is 5.08. The number of nitrogens with zero attached hydrogens (tertiary/aromatic N) is 1. The molecule has 0 atom stereocenters. The van der Waals surface area contributed by atoms with Gasteiger partial charge in [0.2, 0.25) is 0 Å². The van der Waals surface area contributed by atoms with Crippen LogP contribution in [0.1, 0.15) is 19.4 Å². The predicted molar refractivity (Wildman–Crippen MR) is 68.4 cm³/mol. The SMILES string of the molecule is COC(C)(C)CNc1ccc(C#N)c(Br)c1F. The Morgan fingerprint density at radius 3 is 2.71 bits per heavy atom. The highest BCUT2D eigenvalue weighted by atomic mass is 79.9. The van der Waals surface area contributed by atoms with Crippen LogP contribution in [0.25, 0.3) is 0 Å². The molecular weight excluding hydrogens is 287 g/mol. The van der Waals surface area contributed by atoms with Gasteiger partial charge in [-0.05, 0) is 41.9 Å². The molecule has 0 saturated carbocycles. The van der Waals surface area contributed by atoms with Crippen LogP contribution in [-0.2, 0) is 4.74 Å². The van der Waals surface area contributed by atoms with E-state index in [4.69, 9.17) is 10.00 Å². The fourth-order valence-electron chi connectivity index (χ4n) is 1.15. The van der Waals surface area contributed by atoms with Gasteiger partial charge in [-0.15, -0.1) is 0 Å². The lowest BCUT2D eigenvalue weighted by molar-refractivity contribution is 0.0343. The molecule has 0 spiro atoms. The molecule has 0 aromatic heterocycles. The lowest BCUT2D eigenvalue weighted by Crippen LogP contribution is -2.32. The van der Waals surface area contributed by atoms with Crippen LogP contribution in [-0.4, -0.2) is 19.3 Å². The van der Waals surface area contributed by atoms with Gasteiger partial charge in [0.15, 0.2) is 5.82 Å². The Balaban J connectivity index is 2.88. The number of methoxy groups -OCH3 is 1. The number of hydrogen-bond acceptors (Lipinski definition) is 3. The van der Waals surface area contributed by atoms with Crippen molar-refractivity contribution in [3.05, 3.63) is 28.0 Å². The smallest absolute Gasteiger partial charge is 0.161 e. The number of nitrogens with one attached hydrogen (secondary N) is 1. The lowest BCUT2D eigenvalue weighted by atomic mass is 10.1. The summed E-state index contributed by atoms with van der Waals surface area (Å²) in [6.45, 7) is 4.27. The van der Waals surface area contributed by atoms with Crippen molar-refractivity contribution in [2.45, 2.75) is 19.4 Å². The average molecular weight is 301 g/mol. The summed E-state index contributed by atoms with van der Waals surface area (Å²) in [6.07, 6.45) is 0. The van der Waals surface area contributed by atoms with Gasteiger partial charge in [0, 0.05) is 13.7 Å². The minimum atomic E-state index is -0.462. The molecule has 0 aliphatic rings. The number of anilines is 1. The van der Waals surface area contributed by atoms with Crippen LogP contribution < -0.4 is 5.32 Å². The first kappa shape index (κ1) is 13.9. The van der Waals surface area contributed by atoms with E-state index in [0.717, 1.165) is 0 Å². The Kier molecular flexibility index (Phi) is 4.49. The molecule has 5 heteroatoms. The van der Waals surface area contributed by atoms with Crippen molar-refractivity contribution in [2.24, 2.45) is 0 Å². The minimum absolute atomic E-state index is 0.181. The van der Waals surface area contributed by atoms with Gasteiger partial charge < -0.3 is 10.1 Å². The molecule has 0 fully saturated rings. The molecule has 17 heavy (non-hydrogen) atoms. The Morgan fingerprint density at radius 1 is 1.53 bits per heavy atom. The number of ether oxygens (including phenoxy) is 1. The summed E-state index contributed by atoms with van der Waals surface area (Å²) in [5.74, 6) is -0.462. The van der Waals surface area contributed by atoms with Crippen LogP contribution in [0.2, 0.25) is 0 Å². The molecule has 1 aromatic rings. The van der Waals surface area contributed by atoms with Crippen molar-refractivity contribution in [2.75, 3.05) is 19.0 Å². The first-order valence-corrected chi connectivity index (χ1v) is 5.87. The number of nitriles is 1. The third kappa shape index (κ3) is 3.42. The third-order valence-electron chi connectivity index (χ3n) is 2.46. The number of halogens is 2. The largest absolute Gasteiger partial charge is 0.380 e. The topological polar surface area (TPSA) is 45.0 Å². The fraction of sp³-hybridized carbons (Fsp3) is 0.417. The molecule has 0 saturated heterocycles. The molecule has 3 nitrogen and oxygen atoms in total. The van der Waals surface area contributed by atoms with Crippen LogP contribution in [0.5, 0.6) is 0 Å². The third-order valence-corrected chi connectivity index (χ3v) is 3.24. The number of benzene rings is 1. The van der Waals surface area contributed by atoms with E-state index in [9.17, 15) is 4.39 Å². The van der Waals surface area contributed by atoms with E-state index in [1.807, 2.05) is 19.9 Å². The van der Waals surface area contributed by atoms with Gasteiger partial charge >= 0.3 is 0 Å². The van der Waals surface area contributed by atoms with E-state index in [1.54, 1.807) is 19.2 Å². The van der Waals surface area contributed by atoms with Gasteiger partial charge in [-0.25, -0.2) is 4.39 Å². The highest BCUT2D eigenvalue weighted by Gasteiger charge is 2.18. The van der Waals surface area contributed by atoms with Crippen LogP contribution in [0.4, 0.5) is 10.1 Å². The summed E-state index contributed by atoms with van der Waals surface area (Å²) in [4.78, 5) is 0. The monoisotopic (exact) mass is 300 g/mol. The van der Waals surface area contributed by atoms with Crippen molar-refractivity contribution in [3.63, 3.8) is 0 Å². The quantitative estimate of drug-likeness (QED) is 0.928. The van der Waals surface area contributed by atoms with Crippen molar-refractivity contribution in [1.82, 2.24) is 0 Å². The molecular formula is C12H14BrFN2O. The van der Waals surface area contributed by atoms with Gasteiger partial charge in [0.1, 0.15) is 6.07 Å². The molecule has 0 radical (unpaired) electrons. The van der Waals surface area contributed by atoms with Crippen molar-refractivity contribution < 1.29 is 9.13 Å². The van der Waals surface area contributed by atoms with E-state index in [1.165, 1.54) is 0 Å². The zero-order chi connectivity index (χ0) is 13.1. The number of rotatable bonds is 4. The first-order chi connectivity index (χ1) is 7.91. The van der Waals surface area contributed by atoms with E-state index in [-0.39, 0.29) is 15.6 Å². The second-order valence-corrected chi connectivity index (χ2v) is 5.01. The van der Waals surface area contributed by atoms with Crippen molar-refractivity contribution in [1.29, 1.82) is 5.26 Å². The van der Waals surface area contributed by atoms with Gasteiger partial charge in [-0.3, -0.25) is 0 Å². The molecule has 0 aliphatic heterocycles. The Bertz CT molecular complexity index is 455. The lowest BCUT2D eigenvalue weighted by Gasteiger charge is -2.24. The van der Waals surface area contributed by atoms with E-state index in [0.29, 0.717) is 12.2 Å². The van der Waals surface area contributed by atoms with Crippen molar-refractivity contribution in [3.8, 4) is 6.07 Å². The molecule has 0 heterocycles. The summed E-state index contributed by atoms with van der Waals surface area (Å²) in [6, 6.07) is 5.02. The average Bonchev–Trinajstić information content (AvgIpc) is 2.31. The summed E-state index contributed by atoms with van der Waals surface area (Å²) in [5, 5.41) is 11.7. The van der Waals surface area contributed by atoms with Gasteiger partial charge in [-0.2, -0.15) is 5.26 Å². The molecule has 0 amide bonds. The van der Waals surface area contributed by atoms with Gasteiger partial charge in [0.25, 0.3) is 0 Å². The molecule has 0 aliphatic carbocycles. The van der Waals surface area contributed by atoms with Crippen molar-refractivity contribution >= 4 is 21.6 Å². The minimum Gasteiger partial charge on any atom is -0.380 e. The zero-order valence-electron chi connectivity index (χ0n) is 9.97. The number of hydrogen-bond donors (Lipinski definition) is 1. The highest BCUT2D eigenvalue weighted by Crippen LogP contribution is 2.27. The molecule has 0 bridgehead atoms. The van der Waals surface area contributed by atoms with E-state index >= 15 is 0 Å². The van der Waals surface area contributed by atoms with Gasteiger partial charge in [0.05, 0.1) is 21.3 Å². The summed E-state index contributed by atoms with van der Waals surface area (Å²) in [7, 11) is 1.60. The maximum Gasteiger partial charge on any atom is 0.161 e. The summed E-state index contributed by atoms with van der Waals surface area (Å²) < 4.78 is 19.2. The van der Waals surface area contributed by atoms with Crippen LogP contribution >= 0.6 is 15.9 Å². The maximum absolute atomic E-state index is 13.8. The van der Waals surface area contributed by atoms with E-state index < -0.39 is 5.82 Å². The fourth-order valence-corrected chi connectivity index (χ4v) is 1.59. The Hall–Kier alpha value is -1.12. The molecule has 0 unspecified atom stereocenters. The normalized spacial score (nSPS) is 11.1. The summed E-state index contributed by atoms with van der Waals surface area (Å²) >= 11 is 3.06. The predicted octanol–water partition coefficient (Wildman–Crippen LogP) is 3.30.